The summed E-state index contributed by atoms with van der Waals surface area (Å²) >= 11 is 3.59. The van der Waals surface area contributed by atoms with Crippen molar-refractivity contribution in [3.8, 4) is 0 Å². The first-order chi connectivity index (χ1) is 9.66. The van der Waals surface area contributed by atoms with E-state index in [2.05, 4.69) is 60.8 Å². The van der Waals surface area contributed by atoms with E-state index < -0.39 is 5.60 Å². The van der Waals surface area contributed by atoms with Crippen LogP contribution in [0.15, 0.2) is 10.7 Å². The van der Waals surface area contributed by atoms with Crippen LogP contribution in [0.4, 0.5) is 0 Å². The Bertz CT molecular complexity index is 498. The normalized spacial score (nSPS) is 29.0. The lowest BCUT2D eigenvalue weighted by molar-refractivity contribution is -0.0835. The van der Waals surface area contributed by atoms with Crippen LogP contribution < -0.4 is 0 Å². The maximum absolute atomic E-state index is 11.4. The SMILES string of the molecule is CC1CC(C)(C)CCC1(O)c1c(Br)cnn1CCN(C)C. The number of rotatable bonds is 4. The third-order valence-electron chi connectivity index (χ3n) is 4.82. The van der Waals surface area contributed by atoms with Crippen molar-refractivity contribution >= 4 is 15.9 Å². The van der Waals surface area contributed by atoms with Crippen molar-refractivity contribution in [3.05, 3.63) is 16.4 Å². The monoisotopic (exact) mass is 357 g/mol. The second-order valence-corrected chi connectivity index (χ2v) is 8.42. The van der Waals surface area contributed by atoms with Gasteiger partial charge in [0.15, 0.2) is 0 Å². The Balaban J connectivity index is 2.30. The van der Waals surface area contributed by atoms with E-state index >= 15 is 0 Å². The lowest BCUT2D eigenvalue weighted by Gasteiger charge is -2.45. The standard InChI is InChI=1S/C16H28BrN3O/c1-12-10-15(2,3)6-7-16(12,21)14-13(17)11-18-20(14)9-8-19(4)5/h11-12,21H,6-10H2,1-5H3. The number of hydrogen-bond acceptors (Lipinski definition) is 3. The van der Waals surface area contributed by atoms with E-state index in [1.807, 2.05) is 10.9 Å². The summed E-state index contributed by atoms with van der Waals surface area (Å²) in [6.07, 6.45) is 4.69. The molecule has 1 saturated carbocycles. The highest BCUT2D eigenvalue weighted by Gasteiger charge is 2.46. The molecule has 1 aliphatic rings. The Kier molecular flexibility index (Phi) is 4.86. The van der Waals surface area contributed by atoms with Crippen LogP contribution in [0.2, 0.25) is 0 Å². The first-order valence-electron chi connectivity index (χ1n) is 7.74. The molecule has 0 bridgehead atoms. The van der Waals surface area contributed by atoms with E-state index in [1.165, 1.54) is 0 Å². The molecule has 4 nitrogen and oxygen atoms in total. The zero-order valence-corrected chi connectivity index (χ0v) is 15.4. The molecule has 2 unspecified atom stereocenters. The molecular formula is C16H28BrN3O. The molecular weight excluding hydrogens is 330 g/mol. The molecule has 5 heteroatoms. The molecule has 0 saturated heterocycles. The fourth-order valence-electron chi connectivity index (χ4n) is 3.48. The predicted octanol–water partition coefficient (Wildman–Crippen LogP) is 3.24. The number of hydrogen-bond donors (Lipinski definition) is 1. The Labute approximate surface area is 136 Å². The number of halogens is 1. The first kappa shape index (κ1) is 17.0. The molecule has 0 radical (unpaired) electrons. The number of aliphatic hydroxyl groups is 1. The van der Waals surface area contributed by atoms with Crippen molar-refractivity contribution in [1.29, 1.82) is 0 Å². The van der Waals surface area contributed by atoms with Crippen LogP contribution in [0.25, 0.3) is 0 Å². The average molecular weight is 358 g/mol. The van der Waals surface area contributed by atoms with E-state index in [1.54, 1.807) is 0 Å². The van der Waals surface area contributed by atoms with Gasteiger partial charge in [0.25, 0.3) is 0 Å². The van der Waals surface area contributed by atoms with Crippen LogP contribution in [-0.4, -0.2) is 40.4 Å². The Morgan fingerprint density at radius 3 is 2.67 bits per heavy atom. The number of likely N-dealkylation sites (N-methyl/N-ethyl adjacent to an activating group) is 1. The zero-order valence-electron chi connectivity index (χ0n) is 13.9. The van der Waals surface area contributed by atoms with E-state index in [0.717, 1.165) is 42.5 Å². The molecule has 2 rings (SSSR count). The van der Waals surface area contributed by atoms with Gasteiger partial charge >= 0.3 is 0 Å². The van der Waals surface area contributed by atoms with E-state index in [-0.39, 0.29) is 5.92 Å². The molecule has 0 amide bonds. The molecule has 1 heterocycles. The lowest BCUT2D eigenvalue weighted by atomic mass is 9.64. The molecule has 2 atom stereocenters. The fraction of sp³-hybridized carbons (Fsp3) is 0.812. The van der Waals surface area contributed by atoms with Gasteiger partial charge in [-0.2, -0.15) is 5.10 Å². The van der Waals surface area contributed by atoms with Gasteiger partial charge in [0.2, 0.25) is 0 Å². The van der Waals surface area contributed by atoms with E-state index in [9.17, 15) is 5.11 Å². The molecule has 1 aromatic heterocycles. The van der Waals surface area contributed by atoms with E-state index in [0.29, 0.717) is 5.41 Å². The van der Waals surface area contributed by atoms with Gasteiger partial charge < -0.3 is 10.0 Å². The van der Waals surface area contributed by atoms with Crippen molar-refractivity contribution in [2.75, 3.05) is 20.6 Å². The van der Waals surface area contributed by atoms with Gasteiger partial charge in [0.1, 0.15) is 5.60 Å². The van der Waals surface area contributed by atoms with Crippen LogP contribution in [0.3, 0.4) is 0 Å². The Morgan fingerprint density at radius 1 is 1.43 bits per heavy atom. The van der Waals surface area contributed by atoms with Gasteiger partial charge in [0.05, 0.1) is 22.9 Å². The lowest BCUT2D eigenvalue weighted by Crippen LogP contribution is -2.43. The molecule has 0 spiro atoms. The minimum absolute atomic E-state index is 0.229. The van der Waals surface area contributed by atoms with Gasteiger partial charge in [-0.25, -0.2) is 0 Å². The third-order valence-corrected chi connectivity index (χ3v) is 5.40. The van der Waals surface area contributed by atoms with Gasteiger partial charge in [-0.05, 0) is 60.6 Å². The van der Waals surface area contributed by atoms with Crippen LogP contribution in [-0.2, 0) is 12.1 Å². The maximum atomic E-state index is 11.4. The van der Waals surface area contributed by atoms with Crippen molar-refractivity contribution in [3.63, 3.8) is 0 Å². The van der Waals surface area contributed by atoms with Crippen LogP contribution in [0, 0.1) is 11.3 Å². The van der Waals surface area contributed by atoms with Crippen LogP contribution in [0.5, 0.6) is 0 Å². The van der Waals surface area contributed by atoms with Crippen molar-refractivity contribution in [2.24, 2.45) is 11.3 Å². The fourth-order valence-corrected chi connectivity index (χ4v) is 4.12. The van der Waals surface area contributed by atoms with Gasteiger partial charge in [0, 0.05) is 6.54 Å². The number of nitrogens with zero attached hydrogens (tertiary/aromatic N) is 3. The smallest absolute Gasteiger partial charge is 0.110 e. The zero-order chi connectivity index (χ0) is 15.8. The average Bonchev–Trinajstić information content (AvgIpc) is 2.73. The summed E-state index contributed by atoms with van der Waals surface area (Å²) in [6.45, 7) is 8.46. The largest absolute Gasteiger partial charge is 0.383 e. The third kappa shape index (κ3) is 3.51. The summed E-state index contributed by atoms with van der Waals surface area (Å²) in [6, 6.07) is 0. The van der Waals surface area contributed by atoms with Crippen molar-refractivity contribution < 1.29 is 5.11 Å². The molecule has 1 aliphatic carbocycles. The summed E-state index contributed by atoms with van der Waals surface area (Å²) in [5.41, 5.74) is 0.483. The van der Waals surface area contributed by atoms with Crippen LogP contribution in [0.1, 0.15) is 45.7 Å². The molecule has 0 aliphatic heterocycles. The van der Waals surface area contributed by atoms with Crippen molar-refractivity contribution in [2.45, 2.75) is 52.2 Å². The number of aromatic nitrogens is 2. The molecule has 0 aromatic carbocycles. The van der Waals surface area contributed by atoms with Crippen LogP contribution >= 0.6 is 15.9 Å². The summed E-state index contributed by atoms with van der Waals surface area (Å²) in [5, 5.41) is 15.8. The minimum Gasteiger partial charge on any atom is -0.383 e. The second-order valence-electron chi connectivity index (χ2n) is 7.56. The molecule has 1 N–H and O–H groups in total. The topological polar surface area (TPSA) is 41.3 Å². The van der Waals surface area contributed by atoms with Gasteiger partial charge in [-0.1, -0.05) is 20.8 Å². The Hall–Kier alpha value is -0.390. The Morgan fingerprint density at radius 2 is 2.10 bits per heavy atom. The molecule has 21 heavy (non-hydrogen) atoms. The quantitative estimate of drug-likeness (QED) is 0.899. The first-order valence-corrected chi connectivity index (χ1v) is 8.54. The van der Waals surface area contributed by atoms with Gasteiger partial charge in [-0.15, -0.1) is 0 Å². The summed E-state index contributed by atoms with van der Waals surface area (Å²) in [4.78, 5) is 2.14. The summed E-state index contributed by atoms with van der Waals surface area (Å²) in [5.74, 6) is 0.229. The van der Waals surface area contributed by atoms with Crippen molar-refractivity contribution in [1.82, 2.24) is 14.7 Å². The molecule has 120 valence electrons. The second kappa shape index (κ2) is 6.01. The predicted molar refractivity (Wildman–Crippen MR) is 89.2 cm³/mol. The van der Waals surface area contributed by atoms with E-state index in [4.69, 9.17) is 0 Å². The molecule has 1 aromatic rings. The maximum Gasteiger partial charge on any atom is 0.110 e. The highest BCUT2D eigenvalue weighted by Crippen LogP contribution is 2.50. The van der Waals surface area contributed by atoms with Gasteiger partial charge in [-0.3, -0.25) is 4.68 Å². The summed E-state index contributed by atoms with van der Waals surface area (Å²) < 4.78 is 2.90. The summed E-state index contributed by atoms with van der Waals surface area (Å²) in [7, 11) is 4.11. The molecule has 1 fully saturated rings. The highest BCUT2D eigenvalue weighted by molar-refractivity contribution is 9.10. The minimum atomic E-state index is -0.781. The highest BCUT2D eigenvalue weighted by atomic mass is 79.9.